The van der Waals surface area contributed by atoms with Gasteiger partial charge < -0.3 is 15.2 Å². The normalized spacial score (nSPS) is 15.7. The Bertz CT molecular complexity index is 1120. The molecule has 0 saturated carbocycles. The van der Waals surface area contributed by atoms with Crippen molar-refractivity contribution in [1.82, 2.24) is 10.2 Å². The molecular formula is C33H44N2O6Y. The topological polar surface area (TPSA) is 113 Å². The van der Waals surface area contributed by atoms with E-state index in [2.05, 4.69) is 5.32 Å². The van der Waals surface area contributed by atoms with E-state index in [0.717, 1.165) is 11.1 Å². The third-order valence-corrected chi connectivity index (χ3v) is 7.51. The molecule has 1 radical (unpaired) electrons. The average molecular weight is 654 g/mol. The Balaban J connectivity index is 0.00000616. The van der Waals surface area contributed by atoms with Crippen molar-refractivity contribution < 1.29 is 61.7 Å². The maximum Gasteiger partial charge on any atom is 0.307 e. The van der Waals surface area contributed by atoms with E-state index in [1.165, 1.54) is 0 Å². The number of carbonyl (C=O) groups excluding carboxylic acids is 3. The summed E-state index contributed by atoms with van der Waals surface area (Å²) in [7, 11) is 0. The van der Waals surface area contributed by atoms with Crippen molar-refractivity contribution in [3.63, 3.8) is 0 Å². The summed E-state index contributed by atoms with van der Waals surface area (Å²) in [5.41, 5.74) is 1.92. The summed E-state index contributed by atoms with van der Waals surface area (Å²) >= 11 is 0. The monoisotopic (exact) mass is 653 g/mol. The number of aryl methyl sites for hydroxylation is 1. The molecule has 3 rings (SSSR count). The van der Waals surface area contributed by atoms with Crippen LogP contribution in [-0.4, -0.2) is 72.3 Å². The van der Waals surface area contributed by atoms with Gasteiger partial charge in [-0.1, -0.05) is 74.5 Å². The molecule has 3 atom stereocenters. The van der Waals surface area contributed by atoms with Gasteiger partial charge in [-0.3, -0.25) is 24.1 Å². The Labute approximate surface area is 274 Å². The first-order chi connectivity index (χ1) is 19.7. The van der Waals surface area contributed by atoms with E-state index in [4.69, 9.17) is 4.74 Å². The molecule has 0 unspecified atom stereocenters. The van der Waals surface area contributed by atoms with Crippen LogP contribution in [0.4, 0.5) is 0 Å². The zero-order chi connectivity index (χ0) is 29.6. The van der Waals surface area contributed by atoms with Crippen molar-refractivity contribution in [2.24, 2.45) is 17.8 Å². The van der Waals surface area contributed by atoms with Gasteiger partial charge in [0.15, 0.2) is 5.78 Å². The summed E-state index contributed by atoms with van der Waals surface area (Å²) in [5.74, 6) is -3.05. The summed E-state index contributed by atoms with van der Waals surface area (Å²) in [6.07, 6.45) is 1.65. The Morgan fingerprint density at radius 3 is 2.05 bits per heavy atom. The van der Waals surface area contributed by atoms with E-state index in [0.29, 0.717) is 45.6 Å². The number of Topliss-reactive ketones (excluding diaryl/α,β-unsaturated/α-hetero) is 2. The number of hydrogen-bond acceptors (Lipinski definition) is 6. The van der Waals surface area contributed by atoms with Crippen LogP contribution in [-0.2, 0) is 69.5 Å². The van der Waals surface area contributed by atoms with Crippen LogP contribution in [0.1, 0.15) is 50.7 Å². The Morgan fingerprint density at radius 2 is 1.48 bits per heavy atom. The van der Waals surface area contributed by atoms with Gasteiger partial charge >= 0.3 is 5.97 Å². The van der Waals surface area contributed by atoms with Gasteiger partial charge in [0.05, 0.1) is 31.7 Å². The number of carboxylic acids is 1. The average Bonchev–Trinajstić information content (AvgIpc) is 2.95. The van der Waals surface area contributed by atoms with Crippen molar-refractivity contribution >= 4 is 23.4 Å². The van der Waals surface area contributed by atoms with E-state index >= 15 is 0 Å². The number of nitrogens with one attached hydrogen (secondary N) is 1. The van der Waals surface area contributed by atoms with E-state index in [1.807, 2.05) is 79.4 Å². The number of carbonyl (C=O) groups is 4. The molecule has 1 aliphatic rings. The second kappa shape index (κ2) is 19.1. The smallest absolute Gasteiger partial charge is 0.307 e. The molecular weight excluding hydrogens is 609 g/mol. The minimum atomic E-state index is -1.04. The number of carboxylic acid groups (broad SMARTS) is 1. The van der Waals surface area contributed by atoms with Gasteiger partial charge in [0.1, 0.15) is 5.78 Å². The van der Waals surface area contributed by atoms with E-state index in [-0.39, 0.29) is 81.9 Å². The SMILES string of the molecule is CC(C)C[C@H](NC(=O)[C@H](CCc1ccccc1)CC(=O)CN1CCOCC1)C(=O)C[C@@H](Cc1ccccc1)C(=O)O.[Y]. The summed E-state index contributed by atoms with van der Waals surface area (Å²) in [4.78, 5) is 54.2. The quantitative estimate of drug-likeness (QED) is 0.266. The van der Waals surface area contributed by atoms with Crippen LogP contribution < -0.4 is 5.32 Å². The van der Waals surface area contributed by atoms with Gasteiger partial charge in [0.25, 0.3) is 0 Å². The Hall–Kier alpha value is -2.26. The Morgan fingerprint density at radius 1 is 0.881 bits per heavy atom. The van der Waals surface area contributed by atoms with Crippen molar-refractivity contribution in [2.75, 3.05) is 32.8 Å². The van der Waals surface area contributed by atoms with Crippen molar-refractivity contribution in [3.8, 4) is 0 Å². The number of benzene rings is 2. The van der Waals surface area contributed by atoms with Crippen molar-refractivity contribution in [3.05, 3.63) is 71.8 Å². The molecule has 2 aromatic carbocycles. The largest absolute Gasteiger partial charge is 0.481 e. The standard InChI is InChI=1S/C33H44N2O6.Y/c1-24(2)19-30(31(37)22-28(33(39)40)20-26-11-7-4-8-12-26)34-32(38)27(14-13-25-9-5-3-6-10-25)21-29(36)23-35-15-17-41-18-16-35;/h3-12,24,27-28,30H,13-23H2,1-2H3,(H,34,38)(H,39,40);/t27-,28-,30+;/m1./s1. The molecule has 1 saturated heterocycles. The summed E-state index contributed by atoms with van der Waals surface area (Å²) in [6, 6.07) is 18.2. The number of nitrogens with zero attached hydrogens (tertiary/aromatic N) is 1. The summed E-state index contributed by atoms with van der Waals surface area (Å²) in [5, 5.41) is 12.8. The number of rotatable bonds is 17. The number of amides is 1. The molecule has 0 spiro atoms. The molecule has 0 aliphatic carbocycles. The fourth-order valence-corrected chi connectivity index (χ4v) is 5.22. The van der Waals surface area contributed by atoms with Crippen LogP contribution in [0.15, 0.2) is 60.7 Å². The van der Waals surface area contributed by atoms with E-state index < -0.39 is 23.8 Å². The number of ether oxygens (including phenoxy) is 1. The minimum Gasteiger partial charge on any atom is -0.481 e. The molecule has 9 heteroatoms. The second-order valence-electron chi connectivity index (χ2n) is 11.4. The molecule has 1 aliphatic heterocycles. The number of aliphatic carboxylic acids is 1. The van der Waals surface area contributed by atoms with Crippen LogP contribution in [0.25, 0.3) is 0 Å². The zero-order valence-corrected chi connectivity index (χ0v) is 27.7. The predicted molar refractivity (Wildman–Crippen MR) is 157 cm³/mol. The molecule has 2 N–H and O–H groups in total. The van der Waals surface area contributed by atoms with Crippen molar-refractivity contribution in [2.45, 2.75) is 58.4 Å². The molecule has 8 nitrogen and oxygen atoms in total. The van der Waals surface area contributed by atoms with Gasteiger partial charge in [0.2, 0.25) is 5.91 Å². The zero-order valence-electron chi connectivity index (χ0n) is 24.9. The summed E-state index contributed by atoms with van der Waals surface area (Å²) < 4.78 is 5.38. The van der Waals surface area contributed by atoms with Crippen LogP contribution in [0, 0.1) is 17.8 Å². The van der Waals surface area contributed by atoms with Crippen LogP contribution in [0.3, 0.4) is 0 Å². The maximum absolute atomic E-state index is 13.6. The summed E-state index contributed by atoms with van der Waals surface area (Å²) in [6.45, 7) is 6.74. The van der Waals surface area contributed by atoms with Gasteiger partial charge in [-0.25, -0.2) is 0 Å². The van der Waals surface area contributed by atoms with Crippen LogP contribution >= 0.6 is 0 Å². The Kier molecular flexibility index (Phi) is 16.4. The van der Waals surface area contributed by atoms with Gasteiger partial charge in [-0.15, -0.1) is 0 Å². The van der Waals surface area contributed by atoms with Crippen LogP contribution in [0.5, 0.6) is 0 Å². The molecule has 1 amide bonds. The van der Waals surface area contributed by atoms with Gasteiger partial charge in [-0.2, -0.15) is 0 Å². The third-order valence-electron chi connectivity index (χ3n) is 7.51. The predicted octanol–water partition coefficient (Wildman–Crippen LogP) is 3.96. The first-order valence-electron chi connectivity index (χ1n) is 14.7. The molecule has 1 heterocycles. The number of hydrogen-bond donors (Lipinski definition) is 2. The third kappa shape index (κ3) is 12.9. The van der Waals surface area contributed by atoms with Gasteiger partial charge in [0, 0.05) is 64.6 Å². The van der Waals surface area contributed by atoms with E-state index in [9.17, 15) is 24.3 Å². The number of ketones is 2. The van der Waals surface area contributed by atoms with Crippen LogP contribution in [0.2, 0.25) is 0 Å². The van der Waals surface area contributed by atoms with Gasteiger partial charge in [-0.05, 0) is 42.7 Å². The number of morpholine rings is 1. The fraction of sp³-hybridized carbons (Fsp3) is 0.515. The molecule has 1 fully saturated rings. The first kappa shape index (κ1) is 35.9. The first-order valence-corrected chi connectivity index (χ1v) is 14.7. The molecule has 225 valence electrons. The minimum absolute atomic E-state index is 0. The molecule has 2 aromatic rings. The molecule has 42 heavy (non-hydrogen) atoms. The maximum atomic E-state index is 13.6. The fourth-order valence-electron chi connectivity index (χ4n) is 5.22. The second-order valence-corrected chi connectivity index (χ2v) is 11.4. The van der Waals surface area contributed by atoms with Crippen molar-refractivity contribution in [1.29, 1.82) is 0 Å². The van der Waals surface area contributed by atoms with E-state index in [1.54, 1.807) is 0 Å². The molecule has 0 aromatic heterocycles. The molecule has 0 bridgehead atoms.